The second-order valence-corrected chi connectivity index (χ2v) is 4.38. The molecule has 108 valence electrons. The highest BCUT2D eigenvalue weighted by atomic mass is 35.5. The van der Waals surface area contributed by atoms with E-state index in [1.54, 1.807) is 0 Å². The lowest BCUT2D eigenvalue weighted by atomic mass is 10.2. The third-order valence-electron chi connectivity index (χ3n) is 2.59. The van der Waals surface area contributed by atoms with Crippen LogP contribution in [-0.4, -0.2) is 14.8 Å². The molecule has 0 saturated carbocycles. The molecule has 0 aliphatic rings. The van der Waals surface area contributed by atoms with Crippen molar-refractivity contribution in [3.05, 3.63) is 61.3 Å². The summed E-state index contributed by atoms with van der Waals surface area (Å²) in [7, 11) is 0. The van der Waals surface area contributed by atoms with E-state index in [1.165, 1.54) is 31.2 Å². The summed E-state index contributed by atoms with van der Waals surface area (Å²) in [6.07, 6.45) is 0. The molecular formula is C12H8ClN3O5. The molecule has 0 bridgehead atoms. The fourth-order valence-corrected chi connectivity index (χ4v) is 1.82. The SMILES string of the molecule is Cc1cccc(Oc2nc(Cl)ccc2[N+](=O)[O-])c1[N+](=O)[O-]. The Balaban J connectivity index is 2.53. The summed E-state index contributed by atoms with van der Waals surface area (Å²) in [5.41, 5.74) is -0.356. The Labute approximate surface area is 123 Å². The van der Waals surface area contributed by atoms with Gasteiger partial charge < -0.3 is 4.74 Å². The van der Waals surface area contributed by atoms with Gasteiger partial charge in [-0.25, -0.2) is 0 Å². The number of aryl methyl sites for hydroxylation is 1. The first kappa shape index (κ1) is 14.7. The summed E-state index contributed by atoms with van der Waals surface area (Å²) in [5, 5.41) is 22.0. The molecule has 1 aromatic heterocycles. The van der Waals surface area contributed by atoms with Gasteiger partial charge >= 0.3 is 17.3 Å². The van der Waals surface area contributed by atoms with E-state index in [4.69, 9.17) is 16.3 Å². The van der Waals surface area contributed by atoms with E-state index in [2.05, 4.69) is 4.98 Å². The summed E-state index contributed by atoms with van der Waals surface area (Å²) in [6, 6.07) is 6.75. The first-order valence-electron chi connectivity index (χ1n) is 5.63. The first-order valence-corrected chi connectivity index (χ1v) is 6.00. The van der Waals surface area contributed by atoms with Crippen molar-refractivity contribution in [2.75, 3.05) is 0 Å². The first-order chi connectivity index (χ1) is 9.90. The number of nitro groups is 2. The van der Waals surface area contributed by atoms with E-state index < -0.39 is 21.4 Å². The van der Waals surface area contributed by atoms with Gasteiger partial charge in [0.15, 0.2) is 0 Å². The maximum Gasteiger partial charge on any atom is 0.331 e. The minimum absolute atomic E-state index is 0.0223. The van der Waals surface area contributed by atoms with Crippen LogP contribution in [0.1, 0.15) is 5.56 Å². The zero-order valence-electron chi connectivity index (χ0n) is 10.6. The Hall–Kier alpha value is -2.74. The Morgan fingerprint density at radius 2 is 1.86 bits per heavy atom. The van der Waals surface area contributed by atoms with Gasteiger partial charge in [-0.05, 0) is 19.1 Å². The number of para-hydroxylation sites is 1. The van der Waals surface area contributed by atoms with Crippen molar-refractivity contribution < 1.29 is 14.6 Å². The number of aromatic nitrogens is 1. The van der Waals surface area contributed by atoms with Crippen molar-refractivity contribution in [3.63, 3.8) is 0 Å². The molecule has 8 nitrogen and oxygen atoms in total. The molecular weight excluding hydrogens is 302 g/mol. The van der Waals surface area contributed by atoms with Gasteiger partial charge in [0.1, 0.15) is 5.15 Å². The predicted molar refractivity (Wildman–Crippen MR) is 73.8 cm³/mol. The highest BCUT2D eigenvalue weighted by Crippen LogP contribution is 2.36. The molecule has 0 unspecified atom stereocenters. The highest BCUT2D eigenvalue weighted by Gasteiger charge is 2.24. The van der Waals surface area contributed by atoms with Crippen LogP contribution in [-0.2, 0) is 0 Å². The summed E-state index contributed by atoms with van der Waals surface area (Å²) >= 11 is 5.67. The number of hydrogen-bond donors (Lipinski definition) is 0. The number of halogens is 1. The molecule has 0 aliphatic heterocycles. The lowest BCUT2D eigenvalue weighted by Gasteiger charge is -2.07. The average molecular weight is 310 g/mol. The summed E-state index contributed by atoms with van der Waals surface area (Å²) in [5.74, 6) is -0.543. The summed E-state index contributed by atoms with van der Waals surface area (Å²) < 4.78 is 5.25. The van der Waals surface area contributed by atoms with E-state index in [9.17, 15) is 20.2 Å². The third-order valence-corrected chi connectivity index (χ3v) is 2.80. The molecule has 0 fully saturated rings. The molecule has 0 N–H and O–H groups in total. The number of hydrogen-bond acceptors (Lipinski definition) is 6. The largest absolute Gasteiger partial charge is 0.426 e. The molecule has 0 spiro atoms. The maximum absolute atomic E-state index is 11.1. The molecule has 21 heavy (non-hydrogen) atoms. The van der Waals surface area contributed by atoms with Gasteiger partial charge in [-0.2, -0.15) is 4.98 Å². The third kappa shape index (κ3) is 3.06. The number of ether oxygens (including phenoxy) is 1. The van der Waals surface area contributed by atoms with E-state index in [0.29, 0.717) is 5.56 Å². The van der Waals surface area contributed by atoms with E-state index in [-0.39, 0.29) is 16.6 Å². The Bertz CT molecular complexity index is 735. The van der Waals surface area contributed by atoms with Gasteiger partial charge in [-0.15, -0.1) is 0 Å². The van der Waals surface area contributed by atoms with Crippen LogP contribution in [0.4, 0.5) is 11.4 Å². The summed E-state index contributed by atoms with van der Waals surface area (Å²) in [6.45, 7) is 1.53. The number of pyridine rings is 1. The highest BCUT2D eigenvalue weighted by molar-refractivity contribution is 6.29. The predicted octanol–water partition coefficient (Wildman–Crippen LogP) is 3.65. The second kappa shape index (κ2) is 5.71. The van der Waals surface area contributed by atoms with Crippen LogP contribution in [0, 0.1) is 27.2 Å². The number of rotatable bonds is 4. The van der Waals surface area contributed by atoms with Crippen molar-refractivity contribution in [1.29, 1.82) is 0 Å². The normalized spacial score (nSPS) is 10.2. The van der Waals surface area contributed by atoms with Gasteiger partial charge in [-0.3, -0.25) is 20.2 Å². The van der Waals surface area contributed by atoms with Gasteiger partial charge in [0.05, 0.1) is 9.85 Å². The van der Waals surface area contributed by atoms with Gasteiger partial charge in [0, 0.05) is 11.6 Å². The van der Waals surface area contributed by atoms with E-state index in [0.717, 1.165) is 6.07 Å². The lowest BCUT2D eigenvalue weighted by Crippen LogP contribution is -1.99. The smallest absolute Gasteiger partial charge is 0.331 e. The van der Waals surface area contributed by atoms with Crippen LogP contribution in [0.5, 0.6) is 11.6 Å². The van der Waals surface area contributed by atoms with Crippen LogP contribution in [0.3, 0.4) is 0 Å². The molecule has 2 aromatic rings. The van der Waals surface area contributed by atoms with E-state index >= 15 is 0 Å². The van der Waals surface area contributed by atoms with Crippen LogP contribution in [0.15, 0.2) is 30.3 Å². The monoisotopic (exact) mass is 309 g/mol. The molecule has 2 rings (SSSR count). The molecule has 0 radical (unpaired) electrons. The standard InChI is InChI=1S/C12H8ClN3O5/c1-7-3-2-4-9(11(7)16(19)20)21-12-8(15(17)18)5-6-10(13)14-12/h2-6H,1H3. The van der Waals surface area contributed by atoms with Crippen LogP contribution in [0.25, 0.3) is 0 Å². The molecule has 0 atom stereocenters. The van der Waals surface area contributed by atoms with E-state index in [1.807, 2.05) is 0 Å². The Morgan fingerprint density at radius 3 is 2.48 bits per heavy atom. The molecule has 0 saturated heterocycles. The summed E-state index contributed by atoms with van der Waals surface area (Å²) in [4.78, 5) is 24.3. The fourth-order valence-electron chi connectivity index (χ4n) is 1.68. The minimum Gasteiger partial charge on any atom is -0.426 e. The van der Waals surface area contributed by atoms with Gasteiger partial charge in [-0.1, -0.05) is 23.7 Å². The van der Waals surface area contributed by atoms with Crippen LogP contribution >= 0.6 is 11.6 Å². The van der Waals surface area contributed by atoms with Crippen LogP contribution < -0.4 is 4.74 Å². The van der Waals surface area contributed by atoms with Gasteiger partial charge in [0.25, 0.3) is 0 Å². The van der Waals surface area contributed by atoms with Crippen molar-refractivity contribution in [1.82, 2.24) is 4.98 Å². The van der Waals surface area contributed by atoms with Crippen molar-refractivity contribution in [3.8, 4) is 11.6 Å². The van der Waals surface area contributed by atoms with Gasteiger partial charge in [0.2, 0.25) is 5.75 Å². The zero-order chi connectivity index (χ0) is 15.6. The number of benzene rings is 1. The zero-order valence-corrected chi connectivity index (χ0v) is 11.4. The van der Waals surface area contributed by atoms with Crippen molar-refractivity contribution >= 4 is 23.0 Å². The molecule has 9 heteroatoms. The molecule has 0 aliphatic carbocycles. The quantitative estimate of drug-likeness (QED) is 0.484. The Kier molecular flexibility index (Phi) is 3.99. The number of nitro benzene ring substituents is 1. The Morgan fingerprint density at radius 1 is 1.14 bits per heavy atom. The lowest BCUT2D eigenvalue weighted by molar-refractivity contribution is -0.388. The maximum atomic E-state index is 11.1. The van der Waals surface area contributed by atoms with Crippen molar-refractivity contribution in [2.24, 2.45) is 0 Å². The molecule has 1 aromatic carbocycles. The fraction of sp³-hybridized carbons (Fsp3) is 0.0833. The second-order valence-electron chi connectivity index (χ2n) is 4.00. The number of nitrogens with zero attached hydrogens (tertiary/aromatic N) is 3. The molecule has 1 heterocycles. The average Bonchev–Trinajstić information content (AvgIpc) is 2.37. The van der Waals surface area contributed by atoms with Crippen molar-refractivity contribution in [2.45, 2.75) is 6.92 Å². The van der Waals surface area contributed by atoms with Crippen LogP contribution in [0.2, 0.25) is 5.15 Å². The molecule has 0 amide bonds. The topological polar surface area (TPSA) is 108 Å². The minimum atomic E-state index is -0.708.